The van der Waals surface area contributed by atoms with Gasteiger partial charge in [0.15, 0.2) is 0 Å². The van der Waals surface area contributed by atoms with Crippen LogP contribution in [-0.2, 0) is 13.2 Å². The molecule has 0 aliphatic rings. The topological polar surface area (TPSA) is 36.3 Å². The van der Waals surface area contributed by atoms with Crippen LogP contribution in [0.2, 0.25) is 10.0 Å². The standard InChI is InChI=1S/C23H28Cl2N2O2/c1-15(2)9-10-28-18-6-8-21-22(12-18)27(13-16(3)4)23(26-21)14-29-17-5-7-19(24)20(25)11-17/h5-8,11-12,15-16H,9-10,13-14H2,1-4H3. The average Bonchev–Trinajstić information content (AvgIpc) is 2.99. The van der Waals surface area contributed by atoms with E-state index < -0.39 is 0 Å². The quantitative estimate of drug-likeness (QED) is 0.363. The molecule has 3 rings (SSSR count). The highest BCUT2D eigenvalue weighted by atomic mass is 35.5. The molecule has 0 amide bonds. The molecule has 0 radical (unpaired) electrons. The van der Waals surface area contributed by atoms with Gasteiger partial charge in [-0.3, -0.25) is 0 Å². The van der Waals surface area contributed by atoms with E-state index in [9.17, 15) is 0 Å². The summed E-state index contributed by atoms with van der Waals surface area (Å²) in [5.41, 5.74) is 2.00. The summed E-state index contributed by atoms with van der Waals surface area (Å²) in [6.07, 6.45) is 1.03. The normalized spacial score (nSPS) is 11.6. The van der Waals surface area contributed by atoms with Crippen molar-refractivity contribution in [1.29, 1.82) is 0 Å². The second-order valence-electron chi connectivity index (χ2n) is 8.08. The van der Waals surface area contributed by atoms with E-state index in [2.05, 4.69) is 38.3 Å². The lowest BCUT2D eigenvalue weighted by atomic mass is 10.1. The van der Waals surface area contributed by atoms with E-state index >= 15 is 0 Å². The lowest BCUT2D eigenvalue weighted by Crippen LogP contribution is -2.11. The van der Waals surface area contributed by atoms with E-state index in [1.165, 1.54) is 0 Å². The van der Waals surface area contributed by atoms with Gasteiger partial charge in [0.05, 0.1) is 27.7 Å². The highest BCUT2D eigenvalue weighted by Crippen LogP contribution is 2.28. The molecule has 0 aliphatic carbocycles. The van der Waals surface area contributed by atoms with Gasteiger partial charge in [0.2, 0.25) is 0 Å². The summed E-state index contributed by atoms with van der Waals surface area (Å²) >= 11 is 12.1. The Kier molecular flexibility index (Phi) is 7.31. The van der Waals surface area contributed by atoms with Crippen molar-refractivity contribution >= 4 is 34.2 Å². The van der Waals surface area contributed by atoms with Gasteiger partial charge in [-0.1, -0.05) is 50.9 Å². The maximum absolute atomic E-state index is 6.09. The average molecular weight is 435 g/mol. The molecule has 0 bridgehead atoms. The van der Waals surface area contributed by atoms with Crippen molar-refractivity contribution in [2.24, 2.45) is 11.8 Å². The zero-order valence-electron chi connectivity index (χ0n) is 17.4. The number of benzene rings is 2. The smallest absolute Gasteiger partial charge is 0.148 e. The summed E-state index contributed by atoms with van der Waals surface area (Å²) in [6.45, 7) is 10.7. The maximum Gasteiger partial charge on any atom is 0.148 e. The van der Waals surface area contributed by atoms with E-state index in [4.69, 9.17) is 37.7 Å². The van der Waals surface area contributed by atoms with E-state index in [0.29, 0.717) is 34.2 Å². The number of fused-ring (bicyclic) bond motifs is 1. The number of ether oxygens (including phenoxy) is 2. The minimum absolute atomic E-state index is 0.350. The predicted octanol–water partition coefficient (Wildman–Crippen LogP) is 7.00. The Morgan fingerprint density at radius 2 is 1.62 bits per heavy atom. The molecule has 0 saturated heterocycles. The van der Waals surface area contributed by atoms with E-state index in [-0.39, 0.29) is 0 Å². The van der Waals surface area contributed by atoms with E-state index in [1.807, 2.05) is 18.2 Å². The first-order chi connectivity index (χ1) is 13.8. The molecule has 4 nitrogen and oxygen atoms in total. The SMILES string of the molecule is CC(C)CCOc1ccc2nc(COc3ccc(Cl)c(Cl)c3)n(CC(C)C)c2c1. The van der Waals surface area contributed by atoms with Crippen molar-refractivity contribution in [3.8, 4) is 11.5 Å². The number of imidazole rings is 1. The number of halogens is 2. The van der Waals surface area contributed by atoms with Crippen LogP contribution in [0, 0.1) is 11.8 Å². The minimum atomic E-state index is 0.350. The summed E-state index contributed by atoms with van der Waals surface area (Å²) in [5, 5.41) is 0.985. The van der Waals surface area contributed by atoms with E-state index in [1.54, 1.807) is 12.1 Å². The molecule has 1 aromatic heterocycles. The van der Waals surface area contributed by atoms with Gasteiger partial charge in [0, 0.05) is 18.7 Å². The molecule has 0 N–H and O–H groups in total. The Balaban J connectivity index is 1.84. The second-order valence-corrected chi connectivity index (χ2v) is 8.89. The largest absolute Gasteiger partial charge is 0.494 e. The van der Waals surface area contributed by atoms with Crippen LogP contribution in [0.4, 0.5) is 0 Å². The van der Waals surface area contributed by atoms with Crippen LogP contribution in [0.5, 0.6) is 11.5 Å². The molecule has 0 atom stereocenters. The van der Waals surface area contributed by atoms with Crippen molar-refractivity contribution in [3.05, 3.63) is 52.3 Å². The zero-order chi connectivity index (χ0) is 21.0. The number of hydrogen-bond donors (Lipinski definition) is 0. The van der Waals surface area contributed by atoms with Crippen LogP contribution < -0.4 is 9.47 Å². The fraction of sp³-hybridized carbons (Fsp3) is 0.435. The molecule has 156 valence electrons. The summed E-state index contributed by atoms with van der Waals surface area (Å²) in [6, 6.07) is 11.3. The Bertz CT molecular complexity index is 967. The van der Waals surface area contributed by atoms with Crippen LogP contribution in [-0.4, -0.2) is 16.2 Å². The summed E-state index contributed by atoms with van der Waals surface area (Å²) < 4.78 is 14.1. The molecule has 2 aromatic carbocycles. The Hall–Kier alpha value is -1.91. The number of nitrogens with zero attached hydrogens (tertiary/aromatic N) is 2. The lowest BCUT2D eigenvalue weighted by Gasteiger charge is -2.13. The summed E-state index contributed by atoms with van der Waals surface area (Å²) in [4.78, 5) is 4.79. The molecule has 0 saturated carbocycles. The third kappa shape index (κ3) is 5.80. The van der Waals surface area contributed by atoms with Crippen molar-refractivity contribution in [3.63, 3.8) is 0 Å². The Morgan fingerprint density at radius 3 is 2.31 bits per heavy atom. The number of rotatable bonds is 9. The zero-order valence-corrected chi connectivity index (χ0v) is 18.9. The minimum Gasteiger partial charge on any atom is -0.494 e. The van der Waals surface area contributed by atoms with Crippen LogP contribution in [0.25, 0.3) is 11.0 Å². The summed E-state index contributed by atoms with van der Waals surface area (Å²) in [5.74, 6) is 3.51. The first-order valence-corrected chi connectivity index (χ1v) is 10.8. The van der Waals surface area contributed by atoms with Gasteiger partial charge in [-0.15, -0.1) is 0 Å². The fourth-order valence-electron chi connectivity index (χ4n) is 3.05. The van der Waals surface area contributed by atoms with Crippen LogP contribution in [0.3, 0.4) is 0 Å². The Labute approximate surface area is 182 Å². The third-order valence-corrected chi connectivity index (χ3v) is 5.31. The van der Waals surface area contributed by atoms with Gasteiger partial charge in [-0.2, -0.15) is 0 Å². The molecule has 0 unspecified atom stereocenters. The first-order valence-electron chi connectivity index (χ1n) is 10.0. The second kappa shape index (κ2) is 9.73. The third-order valence-electron chi connectivity index (χ3n) is 4.57. The lowest BCUT2D eigenvalue weighted by molar-refractivity contribution is 0.287. The van der Waals surface area contributed by atoms with Crippen molar-refractivity contribution in [1.82, 2.24) is 9.55 Å². The molecule has 3 aromatic rings. The van der Waals surface area contributed by atoms with Crippen molar-refractivity contribution < 1.29 is 9.47 Å². The van der Waals surface area contributed by atoms with Gasteiger partial charge >= 0.3 is 0 Å². The molecule has 0 aliphatic heterocycles. The molecule has 29 heavy (non-hydrogen) atoms. The fourth-order valence-corrected chi connectivity index (χ4v) is 3.34. The number of hydrogen-bond acceptors (Lipinski definition) is 3. The van der Waals surface area contributed by atoms with Crippen LogP contribution in [0.15, 0.2) is 36.4 Å². The highest BCUT2D eigenvalue weighted by Gasteiger charge is 2.14. The van der Waals surface area contributed by atoms with E-state index in [0.717, 1.165) is 42.2 Å². The van der Waals surface area contributed by atoms with Gasteiger partial charge in [0.1, 0.15) is 23.9 Å². The predicted molar refractivity (Wildman–Crippen MR) is 120 cm³/mol. The highest BCUT2D eigenvalue weighted by molar-refractivity contribution is 6.42. The molecule has 1 heterocycles. The molecule has 6 heteroatoms. The summed E-state index contributed by atoms with van der Waals surface area (Å²) in [7, 11) is 0. The molecule has 0 fully saturated rings. The number of aromatic nitrogens is 2. The van der Waals surface area contributed by atoms with Gasteiger partial charge in [-0.05, 0) is 42.5 Å². The van der Waals surface area contributed by atoms with Gasteiger partial charge in [0.25, 0.3) is 0 Å². The van der Waals surface area contributed by atoms with Gasteiger partial charge < -0.3 is 14.0 Å². The van der Waals surface area contributed by atoms with Crippen molar-refractivity contribution in [2.75, 3.05) is 6.61 Å². The molecule has 0 spiro atoms. The van der Waals surface area contributed by atoms with Crippen LogP contribution >= 0.6 is 23.2 Å². The van der Waals surface area contributed by atoms with Gasteiger partial charge in [-0.25, -0.2) is 4.98 Å². The molecular weight excluding hydrogens is 407 g/mol. The first kappa shape index (κ1) is 21.8. The van der Waals surface area contributed by atoms with Crippen LogP contribution in [0.1, 0.15) is 39.9 Å². The maximum atomic E-state index is 6.09. The Morgan fingerprint density at radius 1 is 0.897 bits per heavy atom. The molecular formula is C23H28Cl2N2O2. The van der Waals surface area contributed by atoms with Crippen molar-refractivity contribution in [2.45, 2.75) is 47.3 Å². The monoisotopic (exact) mass is 434 g/mol.